The Morgan fingerprint density at radius 1 is 1.32 bits per heavy atom. The molecule has 1 N–H and O–H groups in total. The van der Waals surface area contributed by atoms with Crippen LogP contribution in [0.2, 0.25) is 10.2 Å². The molecule has 1 fully saturated rings. The summed E-state index contributed by atoms with van der Waals surface area (Å²) in [4.78, 5) is 19.2. The Balaban J connectivity index is 1.56. The third-order valence-electron chi connectivity index (χ3n) is 3.67. The lowest BCUT2D eigenvalue weighted by Crippen LogP contribution is -2.48. The minimum atomic E-state index is -0.0797. The lowest BCUT2D eigenvalue weighted by atomic mass is 10.2. The molecule has 1 amide bonds. The lowest BCUT2D eigenvalue weighted by Gasteiger charge is -2.33. The van der Waals surface area contributed by atoms with Gasteiger partial charge in [0.2, 0.25) is 0 Å². The number of carbonyl (C=O) groups excluding carboxylic acids is 1. The number of hydrogen-bond acceptors (Lipinski definition) is 4. The molecule has 22 heavy (non-hydrogen) atoms. The minimum Gasteiger partial charge on any atom is -0.360 e. The van der Waals surface area contributed by atoms with Gasteiger partial charge in [-0.05, 0) is 13.0 Å². The number of hydrogen-bond donors (Lipinski definition) is 1. The monoisotopic (exact) mass is 342 g/mol. The molecule has 0 saturated carbocycles. The second kappa shape index (κ2) is 6.32. The number of amides is 1. The van der Waals surface area contributed by atoms with Crippen molar-refractivity contribution < 1.29 is 9.32 Å². The number of carbonyl (C=O) groups is 1. The maximum atomic E-state index is 12.4. The van der Waals surface area contributed by atoms with E-state index in [0.29, 0.717) is 35.5 Å². The number of aryl methyl sites for hydroxylation is 1. The Kier molecular flexibility index (Phi) is 4.42. The van der Waals surface area contributed by atoms with Gasteiger partial charge in [-0.3, -0.25) is 9.69 Å². The highest BCUT2D eigenvalue weighted by Gasteiger charge is 2.24. The first-order chi connectivity index (χ1) is 10.5. The first kappa shape index (κ1) is 15.4. The molecule has 1 saturated heterocycles. The number of nitrogens with zero attached hydrogens (tertiary/aromatic N) is 3. The van der Waals surface area contributed by atoms with Crippen molar-refractivity contribution in [1.29, 1.82) is 0 Å². The van der Waals surface area contributed by atoms with E-state index in [0.717, 1.165) is 24.5 Å². The third-order valence-corrected chi connectivity index (χ3v) is 4.36. The van der Waals surface area contributed by atoms with Crippen molar-refractivity contribution in [3.05, 3.63) is 39.5 Å². The van der Waals surface area contributed by atoms with Crippen molar-refractivity contribution in [2.75, 3.05) is 26.2 Å². The van der Waals surface area contributed by atoms with E-state index in [1.807, 2.05) is 13.0 Å². The molecule has 0 spiro atoms. The summed E-state index contributed by atoms with van der Waals surface area (Å²) in [6, 6.07) is 3.50. The van der Waals surface area contributed by atoms with E-state index in [1.54, 1.807) is 11.0 Å². The molecule has 3 heterocycles. The maximum Gasteiger partial charge on any atom is 0.270 e. The Labute approximate surface area is 137 Å². The Morgan fingerprint density at radius 2 is 2.05 bits per heavy atom. The van der Waals surface area contributed by atoms with Crippen LogP contribution in [0.25, 0.3) is 0 Å². The summed E-state index contributed by atoms with van der Waals surface area (Å²) >= 11 is 11.7. The van der Waals surface area contributed by atoms with E-state index in [2.05, 4.69) is 15.0 Å². The summed E-state index contributed by atoms with van der Waals surface area (Å²) < 4.78 is 5.22. The van der Waals surface area contributed by atoms with Gasteiger partial charge in [-0.25, -0.2) is 0 Å². The van der Waals surface area contributed by atoms with E-state index in [4.69, 9.17) is 27.7 Å². The summed E-state index contributed by atoms with van der Waals surface area (Å²) in [6.45, 7) is 5.49. The predicted molar refractivity (Wildman–Crippen MR) is 83.2 cm³/mol. The topological polar surface area (TPSA) is 65.4 Å². The van der Waals surface area contributed by atoms with Gasteiger partial charge >= 0.3 is 0 Å². The van der Waals surface area contributed by atoms with Crippen molar-refractivity contribution >= 4 is 29.1 Å². The number of aromatic amines is 1. The smallest absolute Gasteiger partial charge is 0.270 e. The molecule has 8 heteroatoms. The molecule has 1 aliphatic rings. The zero-order valence-corrected chi connectivity index (χ0v) is 13.6. The molecule has 0 aliphatic carbocycles. The first-order valence-electron chi connectivity index (χ1n) is 7.01. The Bertz CT molecular complexity index is 655. The average Bonchev–Trinajstić information content (AvgIpc) is 3.05. The van der Waals surface area contributed by atoms with Crippen molar-refractivity contribution in [3.63, 3.8) is 0 Å². The van der Waals surface area contributed by atoms with Gasteiger partial charge in [0.1, 0.15) is 10.8 Å². The van der Waals surface area contributed by atoms with Gasteiger partial charge in [0, 0.05) is 32.2 Å². The Hall–Kier alpha value is -1.50. The van der Waals surface area contributed by atoms with Crippen LogP contribution >= 0.6 is 23.2 Å². The van der Waals surface area contributed by atoms with Gasteiger partial charge in [-0.1, -0.05) is 28.4 Å². The molecule has 1 aliphatic heterocycles. The summed E-state index contributed by atoms with van der Waals surface area (Å²) in [5.74, 6) is 0.768. The molecule has 118 valence electrons. The van der Waals surface area contributed by atoms with Crippen LogP contribution in [0.15, 0.2) is 16.7 Å². The number of H-pyrrole nitrogens is 1. The van der Waals surface area contributed by atoms with Crippen LogP contribution in [-0.2, 0) is 6.54 Å². The van der Waals surface area contributed by atoms with Crippen LogP contribution in [0.5, 0.6) is 0 Å². The zero-order chi connectivity index (χ0) is 15.7. The number of rotatable bonds is 3. The summed E-state index contributed by atoms with van der Waals surface area (Å²) in [5, 5.41) is 4.54. The van der Waals surface area contributed by atoms with Crippen LogP contribution in [-0.4, -0.2) is 52.0 Å². The van der Waals surface area contributed by atoms with Crippen LogP contribution < -0.4 is 0 Å². The number of piperazine rings is 1. The molecular formula is C14H16Cl2N4O2. The molecule has 3 rings (SSSR count). The second-order valence-corrected chi connectivity index (χ2v) is 6.13. The maximum absolute atomic E-state index is 12.4. The lowest BCUT2D eigenvalue weighted by molar-refractivity contribution is 0.0612. The van der Waals surface area contributed by atoms with Gasteiger partial charge in [0.15, 0.2) is 5.76 Å². The van der Waals surface area contributed by atoms with Gasteiger partial charge in [0.25, 0.3) is 5.91 Å². The number of halogens is 2. The van der Waals surface area contributed by atoms with Crippen LogP contribution in [0, 0.1) is 6.92 Å². The molecule has 6 nitrogen and oxygen atoms in total. The third kappa shape index (κ3) is 3.29. The molecule has 2 aromatic heterocycles. The van der Waals surface area contributed by atoms with Gasteiger partial charge < -0.3 is 14.4 Å². The number of nitrogens with one attached hydrogen (secondary N) is 1. The molecule has 0 atom stereocenters. The van der Waals surface area contributed by atoms with E-state index in [1.165, 1.54) is 0 Å². The van der Waals surface area contributed by atoms with E-state index in [-0.39, 0.29) is 5.91 Å². The summed E-state index contributed by atoms with van der Waals surface area (Å²) in [5.41, 5.74) is 1.30. The fourth-order valence-electron chi connectivity index (χ4n) is 2.51. The van der Waals surface area contributed by atoms with Gasteiger partial charge in [0.05, 0.1) is 17.3 Å². The van der Waals surface area contributed by atoms with Gasteiger partial charge in [-0.2, -0.15) is 0 Å². The normalized spacial score (nSPS) is 16.2. The summed E-state index contributed by atoms with van der Waals surface area (Å²) in [6.07, 6.45) is 0. The van der Waals surface area contributed by atoms with Crippen molar-refractivity contribution in [3.8, 4) is 0 Å². The average molecular weight is 343 g/mol. The zero-order valence-electron chi connectivity index (χ0n) is 12.1. The fourth-order valence-corrected chi connectivity index (χ4v) is 2.82. The van der Waals surface area contributed by atoms with E-state index < -0.39 is 0 Å². The van der Waals surface area contributed by atoms with Crippen molar-refractivity contribution in [1.82, 2.24) is 19.9 Å². The van der Waals surface area contributed by atoms with Gasteiger partial charge in [-0.15, -0.1) is 0 Å². The first-order valence-corrected chi connectivity index (χ1v) is 7.76. The van der Waals surface area contributed by atoms with Crippen LogP contribution in [0.3, 0.4) is 0 Å². The van der Waals surface area contributed by atoms with Crippen LogP contribution in [0.4, 0.5) is 0 Å². The largest absolute Gasteiger partial charge is 0.360 e. The second-order valence-electron chi connectivity index (χ2n) is 5.35. The quantitative estimate of drug-likeness (QED) is 0.930. The molecule has 0 aromatic carbocycles. The molecule has 2 aromatic rings. The van der Waals surface area contributed by atoms with Crippen LogP contribution in [0.1, 0.15) is 21.9 Å². The standard InChI is InChI=1S/C14H16Cl2N4O2/c1-9-6-10(22-18-9)8-19-2-4-20(5-3-19)14(21)12-7-11(15)13(16)17-12/h6-7,17H,2-5,8H2,1H3. The molecule has 0 radical (unpaired) electrons. The van der Waals surface area contributed by atoms with Crippen molar-refractivity contribution in [2.45, 2.75) is 13.5 Å². The van der Waals surface area contributed by atoms with E-state index >= 15 is 0 Å². The molecule has 0 bridgehead atoms. The highest BCUT2D eigenvalue weighted by molar-refractivity contribution is 6.41. The van der Waals surface area contributed by atoms with E-state index in [9.17, 15) is 4.79 Å². The SMILES string of the molecule is Cc1cc(CN2CCN(C(=O)c3cc(Cl)c(Cl)[nH]3)CC2)on1. The highest BCUT2D eigenvalue weighted by atomic mass is 35.5. The Morgan fingerprint density at radius 3 is 2.59 bits per heavy atom. The minimum absolute atomic E-state index is 0.0797. The highest BCUT2D eigenvalue weighted by Crippen LogP contribution is 2.23. The molecule has 0 unspecified atom stereocenters. The predicted octanol–water partition coefficient (Wildman–Crippen LogP) is 2.58. The number of aromatic nitrogens is 2. The summed E-state index contributed by atoms with van der Waals surface area (Å²) in [7, 11) is 0. The van der Waals surface area contributed by atoms with Crippen molar-refractivity contribution in [2.24, 2.45) is 0 Å². The fraction of sp³-hybridized carbons (Fsp3) is 0.429. The molecular weight excluding hydrogens is 327 g/mol.